The van der Waals surface area contributed by atoms with Crippen molar-refractivity contribution in [2.24, 2.45) is 0 Å². The van der Waals surface area contributed by atoms with E-state index >= 15 is 0 Å². The summed E-state index contributed by atoms with van der Waals surface area (Å²) in [5, 5.41) is 3.53. The molecule has 0 amide bonds. The minimum Gasteiger partial charge on any atom is -0.314 e. The molecule has 0 spiro atoms. The van der Waals surface area contributed by atoms with Crippen molar-refractivity contribution in [3.8, 4) is 0 Å². The second-order valence-electron chi connectivity index (χ2n) is 5.34. The second-order valence-corrected chi connectivity index (χ2v) is 7.60. The molecule has 0 aromatic rings. The Kier molecular flexibility index (Phi) is 5.89. The number of nitrogens with zero attached hydrogens (tertiary/aromatic N) is 1. The molecule has 1 aliphatic rings. The van der Waals surface area contributed by atoms with Crippen LogP contribution < -0.4 is 5.32 Å². The van der Waals surface area contributed by atoms with Gasteiger partial charge in [-0.3, -0.25) is 0 Å². The Hall–Kier alpha value is -0.130. The van der Waals surface area contributed by atoms with Crippen LogP contribution in [0.3, 0.4) is 0 Å². The first-order chi connectivity index (χ1) is 7.88. The van der Waals surface area contributed by atoms with E-state index < -0.39 is 9.84 Å². The van der Waals surface area contributed by atoms with E-state index in [1.54, 1.807) is 0 Å². The summed E-state index contributed by atoms with van der Waals surface area (Å²) in [5.74, 6) is 0.256. The number of piperidine rings is 1. The van der Waals surface area contributed by atoms with Crippen LogP contribution in [0.1, 0.15) is 32.6 Å². The maximum Gasteiger partial charge on any atom is 0.148 e. The standard InChI is InChI=1S/C12H26N2O2S/c1-11(10-12-6-4-5-7-13-12)14(2)8-9-17(3,15)16/h11-13H,4-10H2,1-3H3. The van der Waals surface area contributed by atoms with E-state index in [2.05, 4.69) is 17.1 Å². The molecule has 1 rings (SSSR count). The SMILES string of the molecule is CC(CC1CCCCN1)N(C)CCS(C)(=O)=O. The van der Waals surface area contributed by atoms with E-state index in [1.807, 2.05) is 7.05 Å². The summed E-state index contributed by atoms with van der Waals surface area (Å²) in [6, 6.07) is 1.05. The molecule has 1 fully saturated rings. The fourth-order valence-corrected chi connectivity index (χ4v) is 2.87. The quantitative estimate of drug-likeness (QED) is 0.772. The lowest BCUT2D eigenvalue weighted by Gasteiger charge is -2.30. The topological polar surface area (TPSA) is 49.4 Å². The van der Waals surface area contributed by atoms with Crippen LogP contribution in [0.25, 0.3) is 0 Å². The van der Waals surface area contributed by atoms with E-state index in [1.165, 1.54) is 25.5 Å². The zero-order valence-electron chi connectivity index (χ0n) is 11.3. The molecule has 4 nitrogen and oxygen atoms in total. The van der Waals surface area contributed by atoms with Gasteiger partial charge in [0, 0.05) is 24.9 Å². The van der Waals surface area contributed by atoms with Gasteiger partial charge in [-0.25, -0.2) is 8.42 Å². The summed E-state index contributed by atoms with van der Waals surface area (Å²) in [5.41, 5.74) is 0. The Labute approximate surface area is 106 Å². The molecule has 2 unspecified atom stereocenters. The fourth-order valence-electron chi connectivity index (χ4n) is 2.25. The monoisotopic (exact) mass is 262 g/mol. The number of nitrogens with one attached hydrogen (secondary N) is 1. The molecular formula is C12H26N2O2S. The lowest BCUT2D eigenvalue weighted by atomic mass is 9.98. The number of rotatable bonds is 6. The van der Waals surface area contributed by atoms with Crippen LogP contribution >= 0.6 is 0 Å². The molecule has 0 radical (unpaired) electrons. The third-order valence-corrected chi connectivity index (χ3v) is 4.53. The van der Waals surface area contributed by atoms with E-state index in [4.69, 9.17) is 0 Å². The third-order valence-electron chi connectivity index (χ3n) is 3.61. The average molecular weight is 262 g/mol. The van der Waals surface area contributed by atoms with Crippen LogP contribution in [0.15, 0.2) is 0 Å². The molecule has 1 aliphatic heterocycles. The molecule has 0 aromatic carbocycles. The third kappa shape index (κ3) is 6.38. The van der Waals surface area contributed by atoms with Crippen LogP contribution in [-0.2, 0) is 9.84 Å². The fraction of sp³-hybridized carbons (Fsp3) is 1.00. The predicted molar refractivity (Wildman–Crippen MR) is 72.1 cm³/mol. The molecule has 102 valence electrons. The van der Waals surface area contributed by atoms with E-state index in [9.17, 15) is 8.42 Å². The zero-order chi connectivity index (χ0) is 12.9. The molecule has 1 N–H and O–H groups in total. The van der Waals surface area contributed by atoms with Crippen LogP contribution in [0.4, 0.5) is 0 Å². The van der Waals surface area contributed by atoms with Gasteiger partial charge in [0.2, 0.25) is 0 Å². The lowest BCUT2D eigenvalue weighted by Crippen LogP contribution is -2.41. The van der Waals surface area contributed by atoms with Gasteiger partial charge in [0.1, 0.15) is 9.84 Å². The lowest BCUT2D eigenvalue weighted by molar-refractivity contribution is 0.226. The van der Waals surface area contributed by atoms with Gasteiger partial charge in [0.05, 0.1) is 5.75 Å². The molecule has 0 aliphatic carbocycles. The van der Waals surface area contributed by atoms with Gasteiger partial charge < -0.3 is 10.2 Å². The van der Waals surface area contributed by atoms with Crippen molar-refractivity contribution in [3.63, 3.8) is 0 Å². The molecule has 5 heteroatoms. The summed E-state index contributed by atoms with van der Waals surface area (Å²) >= 11 is 0. The molecular weight excluding hydrogens is 236 g/mol. The Balaban J connectivity index is 2.28. The maximum absolute atomic E-state index is 11.1. The summed E-state index contributed by atoms with van der Waals surface area (Å²) < 4.78 is 22.2. The molecule has 1 saturated heterocycles. The number of hydrogen-bond acceptors (Lipinski definition) is 4. The summed E-state index contributed by atoms with van der Waals surface area (Å²) in [6.07, 6.45) is 6.27. The van der Waals surface area contributed by atoms with Crippen molar-refractivity contribution in [1.29, 1.82) is 0 Å². The number of sulfone groups is 1. The average Bonchev–Trinajstić information content (AvgIpc) is 2.26. The summed E-state index contributed by atoms with van der Waals surface area (Å²) in [6.45, 7) is 3.94. The molecule has 0 aromatic heterocycles. The zero-order valence-corrected chi connectivity index (χ0v) is 12.1. The molecule has 2 atom stereocenters. The minimum atomic E-state index is -2.84. The van der Waals surface area contributed by atoms with Crippen LogP contribution in [0.2, 0.25) is 0 Å². The normalized spacial score (nSPS) is 23.9. The highest BCUT2D eigenvalue weighted by Crippen LogP contribution is 2.14. The van der Waals surface area contributed by atoms with Crippen molar-refractivity contribution in [3.05, 3.63) is 0 Å². The maximum atomic E-state index is 11.1. The van der Waals surface area contributed by atoms with Crippen LogP contribution in [0.5, 0.6) is 0 Å². The largest absolute Gasteiger partial charge is 0.314 e. The Morgan fingerprint density at radius 3 is 2.65 bits per heavy atom. The second kappa shape index (κ2) is 6.71. The van der Waals surface area contributed by atoms with Crippen molar-refractivity contribution in [2.45, 2.75) is 44.7 Å². The summed E-state index contributed by atoms with van der Waals surface area (Å²) in [7, 11) is -0.831. The van der Waals surface area contributed by atoms with E-state index in [0.717, 1.165) is 13.0 Å². The van der Waals surface area contributed by atoms with Gasteiger partial charge in [0.25, 0.3) is 0 Å². The summed E-state index contributed by atoms with van der Waals surface area (Å²) in [4.78, 5) is 2.15. The molecule has 17 heavy (non-hydrogen) atoms. The van der Waals surface area contributed by atoms with Crippen LogP contribution in [-0.4, -0.2) is 57.5 Å². The first kappa shape index (κ1) is 14.9. The Morgan fingerprint density at radius 2 is 2.12 bits per heavy atom. The number of hydrogen-bond donors (Lipinski definition) is 1. The highest BCUT2D eigenvalue weighted by atomic mass is 32.2. The molecule has 0 bridgehead atoms. The smallest absolute Gasteiger partial charge is 0.148 e. The highest BCUT2D eigenvalue weighted by Gasteiger charge is 2.18. The van der Waals surface area contributed by atoms with Gasteiger partial charge in [0.15, 0.2) is 0 Å². The minimum absolute atomic E-state index is 0.256. The Bertz CT molecular complexity index is 310. The van der Waals surface area contributed by atoms with E-state index in [-0.39, 0.29) is 5.75 Å². The highest BCUT2D eigenvalue weighted by molar-refractivity contribution is 7.90. The van der Waals surface area contributed by atoms with Crippen molar-refractivity contribution in [2.75, 3.05) is 32.1 Å². The predicted octanol–water partition coefficient (Wildman–Crippen LogP) is 0.884. The first-order valence-electron chi connectivity index (χ1n) is 6.50. The van der Waals surface area contributed by atoms with Crippen molar-refractivity contribution < 1.29 is 8.42 Å². The van der Waals surface area contributed by atoms with Gasteiger partial charge in [-0.2, -0.15) is 0 Å². The van der Waals surface area contributed by atoms with Crippen molar-refractivity contribution >= 4 is 9.84 Å². The van der Waals surface area contributed by atoms with Crippen LogP contribution in [0, 0.1) is 0 Å². The molecule has 1 heterocycles. The van der Waals surface area contributed by atoms with Gasteiger partial charge in [-0.1, -0.05) is 6.42 Å². The molecule has 0 saturated carbocycles. The van der Waals surface area contributed by atoms with Gasteiger partial charge in [-0.05, 0) is 39.8 Å². The van der Waals surface area contributed by atoms with Crippen molar-refractivity contribution in [1.82, 2.24) is 10.2 Å². The van der Waals surface area contributed by atoms with E-state index in [0.29, 0.717) is 18.6 Å². The first-order valence-corrected chi connectivity index (χ1v) is 8.56. The van der Waals surface area contributed by atoms with Gasteiger partial charge >= 0.3 is 0 Å². The van der Waals surface area contributed by atoms with Gasteiger partial charge in [-0.15, -0.1) is 0 Å². The Morgan fingerprint density at radius 1 is 1.41 bits per heavy atom.